The molecule has 3 aromatic rings. The Labute approximate surface area is 201 Å². The molecule has 1 N–H and O–H groups in total. The van der Waals surface area contributed by atoms with Crippen molar-refractivity contribution < 1.29 is 13.2 Å². The van der Waals surface area contributed by atoms with E-state index in [1.807, 2.05) is 18.7 Å². The minimum Gasteiger partial charge on any atom is -0.352 e. The molecule has 3 aromatic heterocycles. The number of rotatable bonds is 7. The number of nitrogens with one attached hydrogen (secondary N) is 1. The summed E-state index contributed by atoms with van der Waals surface area (Å²) >= 11 is 1.16. The van der Waals surface area contributed by atoms with Crippen molar-refractivity contribution in [2.75, 3.05) is 31.1 Å². The lowest BCUT2D eigenvalue weighted by Gasteiger charge is -2.33. The number of aromatic nitrogens is 4. The van der Waals surface area contributed by atoms with Crippen LogP contribution in [0.2, 0.25) is 0 Å². The molecule has 4 rings (SSSR count). The number of hydrogen-bond donors (Lipinski definition) is 1. The Morgan fingerprint density at radius 2 is 1.85 bits per heavy atom. The average molecular weight is 506 g/mol. The predicted octanol–water partition coefficient (Wildman–Crippen LogP) is 0.982. The average Bonchev–Trinajstić information content (AvgIpc) is 3.19. The summed E-state index contributed by atoms with van der Waals surface area (Å²) < 4.78 is 29.8. The van der Waals surface area contributed by atoms with Crippen LogP contribution in [0.25, 0.3) is 10.2 Å². The third-order valence-corrected chi connectivity index (χ3v) is 9.02. The third-order valence-electron chi connectivity index (χ3n) is 5.80. The van der Waals surface area contributed by atoms with Gasteiger partial charge in [0.05, 0.1) is 11.7 Å². The van der Waals surface area contributed by atoms with Crippen LogP contribution in [0.1, 0.15) is 25.1 Å². The first-order valence-electron chi connectivity index (χ1n) is 11.0. The Morgan fingerprint density at radius 1 is 1.18 bits per heavy atom. The number of thiophene rings is 1. The van der Waals surface area contributed by atoms with Gasteiger partial charge in [-0.2, -0.15) is 4.31 Å². The fourth-order valence-electron chi connectivity index (χ4n) is 3.83. The van der Waals surface area contributed by atoms with Gasteiger partial charge in [-0.05, 0) is 26.3 Å². The molecule has 0 unspecified atom stereocenters. The summed E-state index contributed by atoms with van der Waals surface area (Å²) in [7, 11) is -3.95. The minimum absolute atomic E-state index is 0.0221. The fourth-order valence-corrected chi connectivity index (χ4v) is 6.91. The minimum atomic E-state index is -3.95. The molecule has 11 nitrogen and oxygen atoms in total. The van der Waals surface area contributed by atoms with Crippen LogP contribution in [0.5, 0.6) is 0 Å². The van der Waals surface area contributed by atoms with Gasteiger partial charge < -0.3 is 10.2 Å². The van der Waals surface area contributed by atoms with Gasteiger partial charge in [0.1, 0.15) is 16.3 Å². The van der Waals surface area contributed by atoms with Crippen LogP contribution in [0.15, 0.2) is 34.5 Å². The predicted molar refractivity (Wildman–Crippen MR) is 130 cm³/mol. The molecule has 0 spiro atoms. The molecule has 1 saturated heterocycles. The molecular formula is C21H27N7O4S2. The zero-order valence-corrected chi connectivity index (χ0v) is 20.9. The lowest BCUT2D eigenvalue weighted by atomic mass is 10.2. The van der Waals surface area contributed by atoms with E-state index in [0.717, 1.165) is 22.3 Å². The molecule has 0 aromatic carbocycles. The number of piperazine rings is 1. The molecule has 4 heterocycles. The van der Waals surface area contributed by atoms with Crippen molar-refractivity contribution >= 4 is 43.4 Å². The van der Waals surface area contributed by atoms with E-state index in [1.54, 1.807) is 25.4 Å². The molecule has 1 atom stereocenters. The Balaban J connectivity index is 1.62. The first-order chi connectivity index (χ1) is 16.2. The van der Waals surface area contributed by atoms with Gasteiger partial charge in [0.25, 0.3) is 5.56 Å². The highest BCUT2D eigenvalue weighted by molar-refractivity contribution is 7.89. The standard InChI is InChI=1S/C21H27N7O4S2/c1-4-14(2)25-16(29)12-27-13-24-19-17(20(27)30)18(15(3)33-19)34(31,32)28-10-8-26(9-11-28)21-22-6-5-7-23-21/h5-7,13-14H,4,8-12H2,1-3H3,(H,25,29)/t14-/m0/s1. The Bertz CT molecular complexity index is 1350. The summed E-state index contributed by atoms with van der Waals surface area (Å²) in [6.45, 7) is 6.61. The molecular weight excluding hydrogens is 478 g/mol. The van der Waals surface area contributed by atoms with Crippen molar-refractivity contribution in [3.05, 3.63) is 40.0 Å². The summed E-state index contributed by atoms with van der Waals surface area (Å²) in [5, 5.41) is 2.84. The Hall–Kier alpha value is -2.90. The maximum absolute atomic E-state index is 13.6. The number of anilines is 1. The highest BCUT2D eigenvalue weighted by Gasteiger charge is 2.34. The molecule has 1 amide bonds. The van der Waals surface area contributed by atoms with Crippen LogP contribution in [0.3, 0.4) is 0 Å². The molecule has 13 heteroatoms. The molecule has 0 radical (unpaired) electrons. The number of nitrogens with zero attached hydrogens (tertiary/aromatic N) is 6. The molecule has 182 valence electrons. The number of sulfonamides is 1. The Morgan fingerprint density at radius 3 is 2.50 bits per heavy atom. The molecule has 1 fully saturated rings. The zero-order valence-electron chi connectivity index (χ0n) is 19.3. The van der Waals surface area contributed by atoms with E-state index in [4.69, 9.17) is 0 Å². The fraction of sp³-hybridized carbons (Fsp3) is 0.476. The maximum Gasteiger partial charge on any atom is 0.263 e. The van der Waals surface area contributed by atoms with Gasteiger partial charge in [0, 0.05) is 49.5 Å². The molecule has 0 bridgehead atoms. The second-order valence-corrected chi connectivity index (χ2v) is 11.2. The maximum atomic E-state index is 13.6. The largest absolute Gasteiger partial charge is 0.352 e. The monoisotopic (exact) mass is 505 g/mol. The summed E-state index contributed by atoms with van der Waals surface area (Å²) in [4.78, 5) is 41.1. The summed E-state index contributed by atoms with van der Waals surface area (Å²) in [6.07, 6.45) is 5.35. The topological polar surface area (TPSA) is 130 Å². The van der Waals surface area contributed by atoms with Crippen molar-refractivity contribution in [2.45, 2.75) is 44.7 Å². The van der Waals surface area contributed by atoms with E-state index >= 15 is 0 Å². The second-order valence-electron chi connectivity index (χ2n) is 8.16. The van der Waals surface area contributed by atoms with E-state index < -0.39 is 15.6 Å². The van der Waals surface area contributed by atoms with Gasteiger partial charge in [-0.3, -0.25) is 14.2 Å². The summed E-state index contributed by atoms with van der Waals surface area (Å²) in [6, 6.07) is 1.70. The highest BCUT2D eigenvalue weighted by Crippen LogP contribution is 2.33. The number of hydrogen-bond acceptors (Lipinski definition) is 9. The van der Waals surface area contributed by atoms with E-state index in [0.29, 0.717) is 28.7 Å². The third kappa shape index (κ3) is 4.68. The second kappa shape index (κ2) is 9.76. The Kier molecular flexibility index (Phi) is 6.96. The first kappa shape index (κ1) is 24.2. The van der Waals surface area contributed by atoms with Crippen LogP contribution in [-0.2, 0) is 21.4 Å². The number of carbonyl (C=O) groups excluding carboxylic acids is 1. The van der Waals surface area contributed by atoms with Crippen molar-refractivity contribution in [3.63, 3.8) is 0 Å². The van der Waals surface area contributed by atoms with Crippen LogP contribution >= 0.6 is 11.3 Å². The van der Waals surface area contributed by atoms with Crippen LogP contribution in [0.4, 0.5) is 5.95 Å². The van der Waals surface area contributed by atoms with Crippen LogP contribution in [-0.4, -0.2) is 70.4 Å². The van der Waals surface area contributed by atoms with Gasteiger partial charge in [0.15, 0.2) is 0 Å². The van der Waals surface area contributed by atoms with Gasteiger partial charge >= 0.3 is 0 Å². The van der Waals surface area contributed by atoms with Crippen molar-refractivity contribution in [1.82, 2.24) is 29.1 Å². The summed E-state index contributed by atoms with van der Waals surface area (Å²) in [5.41, 5.74) is -0.538. The van der Waals surface area contributed by atoms with Gasteiger partial charge in [-0.1, -0.05) is 6.92 Å². The number of carbonyl (C=O) groups is 1. The number of fused-ring (bicyclic) bond motifs is 1. The van der Waals surface area contributed by atoms with Gasteiger partial charge in [-0.15, -0.1) is 11.3 Å². The molecule has 34 heavy (non-hydrogen) atoms. The van der Waals surface area contributed by atoms with E-state index in [1.165, 1.54) is 10.6 Å². The van der Waals surface area contributed by atoms with E-state index in [-0.39, 0.29) is 41.9 Å². The molecule has 1 aliphatic heterocycles. The molecule has 0 aliphatic carbocycles. The SMILES string of the molecule is CC[C@H](C)NC(=O)Cn1cnc2sc(C)c(S(=O)(=O)N3CCN(c4ncccn4)CC3)c2c1=O. The van der Waals surface area contributed by atoms with E-state index in [9.17, 15) is 18.0 Å². The van der Waals surface area contributed by atoms with Gasteiger partial charge in [-0.25, -0.2) is 23.4 Å². The van der Waals surface area contributed by atoms with Crippen molar-refractivity contribution in [3.8, 4) is 0 Å². The summed E-state index contributed by atoms with van der Waals surface area (Å²) in [5.74, 6) is 0.229. The quantitative estimate of drug-likeness (QED) is 0.503. The number of aryl methyl sites for hydroxylation is 1. The van der Waals surface area contributed by atoms with Crippen molar-refractivity contribution in [1.29, 1.82) is 0 Å². The highest BCUT2D eigenvalue weighted by atomic mass is 32.2. The van der Waals surface area contributed by atoms with Gasteiger partial charge in [0.2, 0.25) is 21.9 Å². The first-order valence-corrected chi connectivity index (χ1v) is 13.3. The lowest BCUT2D eigenvalue weighted by Crippen LogP contribution is -2.49. The number of amides is 1. The normalized spacial score (nSPS) is 16.0. The molecule has 1 aliphatic rings. The van der Waals surface area contributed by atoms with Crippen LogP contribution in [0, 0.1) is 6.92 Å². The van der Waals surface area contributed by atoms with Crippen molar-refractivity contribution in [2.24, 2.45) is 0 Å². The zero-order chi connectivity index (χ0) is 24.5. The van der Waals surface area contributed by atoms with E-state index in [2.05, 4.69) is 20.3 Å². The lowest BCUT2D eigenvalue weighted by molar-refractivity contribution is -0.122. The van der Waals surface area contributed by atoms with Crippen LogP contribution < -0.4 is 15.8 Å². The smallest absolute Gasteiger partial charge is 0.263 e. The molecule has 0 saturated carbocycles.